The van der Waals surface area contributed by atoms with Crippen molar-refractivity contribution in [3.8, 4) is 0 Å². The van der Waals surface area contributed by atoms with Crippen LogP contribution in [0.4, 0.5) is 23.4 Å². The van der Waals surface area contributed by atoms with Crippen LogP contribution in [0, 0.1) is 13.8 Å². The SMILES string of the molecule is Cc1cc(Nc2nc(Nc3cc(C)[nH]n3)c3ccccc3n2)n[nH]1. The van der Waals surface area contributed by atoms with Crippen LogP contribution in [-0.2, 0) is 0 Å². The number of nitrogens with one attached hydrogen (secondary N) is 4. The van der Waals surface area contributed by atoms with Gasteiger partial charge in [0.05, 0.1) is 5.52 Å². The van der Waals surface area contributed by atoms with Crippen LogP contribution in [0.2, 0.25) is 0 Å². The van der Waals surface area contributed by atoms with E-state index in [9.17, 15) is 0 Å². The van der Waals surface area contributed by atoms with Crippen LogP contribution in [0.1, 0.15) is 11.4 Å². The quantitative estimate of drug-likeness (QED) is 0.460. The molecule has 0 fully saturated rings. The Labute approximate surface area is 137 Å². The van der Waals surface area contributed by atoms with Crippen LogP contribution in [0.15, 0.2) is 36.4 Å². The lowest BCUT2D eigenvalue weighted by Crippen LogP contribution is -2.02. The van der Waals surface area contributed by atoms with Gasteiger partial charge < -0.3 is 10.6 Å². The summed E-state index contributed by atoms with van der Waals surface area (Å²) in [6.45, 7) is 3.88. The van der Waals surface area contributed by atoms with Gasteiger partial charge in [-0.1, -0.05) is 12.1 Å². The molecular weight excluding hydrogens is 304 g/mol. The Morgan fingerprint density at radius 2 is 1.50 bits per heavy atom. The molecule has 3 aromatic heterocycles. The maximum absolute atomic E-state index is 4.57. The van der Waals surface area contributed by atoms with Gasteiger partial charge in [0, 0.05) is 28.9 Å². The lowest BCUT2D eigenvalue weighted by Gasteiger charge is -2.09. The van der Waals surface area contributed by atoms with Crippen LogP contribution in [-0.4, -0.2) is 30.4 Å². The number of anilines is 4. The lowest BCUT2D eigenvalue weighted by molar-refractivity contribution is 1.04. The summed E-state index contributed by atoms with van der Waals surface area (Å²) in [4.78, 5) is 9.11. The first-order valence-electron chi connectivity index (χ1n) is 7.52. The van der Waals surface area contributed by atoms with E-state index < -0.39 is 0 Å². The molecule has 0 amide bonds. The number of aryl methyl sites for hydroxylation is 2. The molecule has 4 aromatic rings. The average molecular weight is 320 g/mol. The number of nitrogens with zero attached hydrogens (tertiary/aromatic N) is 4. The van der Waals surface area contributed by atoms with E-state index in [0.29, 0.717) is 23.4 Å². The van der Waals surface area contributed by atoms with Crippen molar-refractivity contribution in [3.63, 3.8) is 0 Å². The lowest BCUT2D eigenvalue weighted by atomic mass is 10.2. The monoisotopic (exact) mass is 320 g/mol. The molecule has 0 radical (unpaired) electrons. The number of hydrogen-bond donors (Lipinski definition) is 4. The van der Waals surface area contributed by atoms with E-state index >= 15 is 0 Å². The minimum atomic E-state index is 0.468. The summed E-state index contributed by atoms with van der Waals surface area (Å²) in [6.07, 6.45) is 0. The summed E-state index contributed by atoms with van der Waals surface area (Å²) < 4.78 is 0. The Bertz CT molecular complexity index is 1000. The minimum absolute atomic E-state index is 0.468. The highest BCUT2D eigenvalue weighted by molar-refractivity contribution is 5.91. The maximum Gasteiger partial charge on any atom is 0.230 e. The van der Waals surface area contributed by atoms with Crippen molar-refractivity contribution in [2.24, 2.45) is 0 Å². The molecule has 0 aliphatic carbocycles. The number of benzene rings is 1. The number of aromatic nitrogens is 6. The normalized spacial score (nSPS) is 10.9. The second kappa shape index (κ2) is 5.65. The third-order valence-electron chi connectivity index (χ3n) is 3.50. The van der Waals surface area contributed by atoms with Crippen LogP contribution in [0.3, 0.4) is 0 Å². The average Bonchev–Trinajstić information content (AvgIpc) is 3.16. The molecule has 0 unspecified atom stereocenters. The predicted octanol–water partition coefficient (Wildman–Crippen LogP) is 3.18. The van der Waals surface area contributed by atoms with Gasteiger partial charge in [0.15, 0.2) is 11.6 Å². The Morgan fingerprint density at radius 1 is 0.833 bits per heavy atom. The highest BCUT2D eigenvalue weighted by Gasteiger charge is 2.10. The third kappa shape index (κ3) is 2.76. The molecule has 0 saturated carbocycles. The van der Waals surface area contributed by atoms with E-state index in [-0.39, 0.29) is 0 Å². The summed E-state index contributed by atoms with van der Waals surface area (Å²) in [5, 5.41) is 21.4. The highest BCUT2D eigenvalue weighted by atomic mass is 15.3. The fourth-order valence-electron chi connectivity index (χ4n) is 2.43. The maximum atomic E-state index is 4.57. The number of hydrogen-bond acceptors (Lipinski definition) is 6. The van der Waals surface area contributed by atoms with Crippen molar-refractivity contribution in [1.82, 2.24) is 30.4 Å². The first-order chi connectivity index (χ1) is 11.7. The van der Waals surface area contributed by atoms with E-state index in [1.165, 1.54) is 0 Å². The second-order valence-electron chi connectivity index (χ2n) is 5.54. The molecule has 4 N–H and O–H groups in total. The number of aromatic amines is 2. The molecule has 24 heavy (non-hydrogen) atoms. The van der Waals surface area contributed by atoms with Crippen molar-refractivity contribution in [3.05, 3.63) is 47.8 Å². The smallest absolute Gasteiger partial charge is 0.230 e. The van der Waals surface area contributed by atoms with Crippen molar-refractivity contribution < 1.29 is 0 Å². The summed E-state index contributed by atoms with van der Waals surface area (Å²) >= 11 is 0. The molecule has 4 rings (SSSR count). The van der Waals surface area contributed by atoms with Gasteiger partial charge in [-0.25, -0.2) is 4.98 Å². The molecule has 0 saturated heterocycles. The van der Waals surface area contributed by atoms with Crippen LogP contribution >= 0.6 is 0 Å². The van der Waals surface area contributed by atoms with Gasteiger partial charge in [0.2, 0.25) is 5.95 Å². The highest BCUT2D eigenvalue weighted by Crippen LogP contribution is 2.25. The van der Waals surface area contributed by atoms with Gasteiger partial charge in [-0.15, -0.1) is 0 Å². The number of para-hydroxylation sites is 1. The van der Waals surface area contributed by atoms with E-state index in [1.807, 2.05) is 50.2 Å². The molecule has 8 heteroatoms. The molecule has 0 atom stereocenters. The molecule has 1 aromatic carbocycles. The summed E-state index contributed by atoms with van der Waals surface area (Å²) in [7, 11) is 0. The molecule has 8 nitrogen and oxygen atoms in total. The fourth-order valence-corrected chi connectivity index (χ4v) is 2.43. The molecule has 0 aliphatic rings. The van der Waals surface area contributed by atoms with Gasteiger partial charge in [-0.3, -0.25) is 10.2 Å². The molecule has 0 bridgehead atoms. The summed E-state index contributed by atoms with van der Waals surface area (Å²) in [6, 6.07) is 11.6. The molecule has 3 heterocycles. The predicted molar refractivity (Wildman–Crippen MR) is 92.8 cm³/mol. The van der Waals surface area contributed by atoms with E-state index in [0.717, 1.165) is 22.3 Å². The third-order valence-corrected chi connectivity index (χ3v) is 3.50. The van der Waals surface area contributed by atoms with Gasteiger partial charge in [0.25, 0.3) is 0 Å². The van der Waals surface area contributed by atoms with E-state index in [2.05, 4.69) is 41.0 Å². The largest absolute Gasteiger partial charge is 0.323 e. The van der Waals surface area contributed by atoms with Gasteiger partial charge in [0.1, 0.15) is 5.82 Å². The minimum Gasteiger partial charge on any atom is -0.323 e. The van der Waals surface area contributed by atoms with E-state index in [4.69, 9.17) is 0 Å². The van der Waals surface area contributed by atoms with Gasteiger partial charge in [-0.2, -0.15) is 15.2 Å². The standard InChI is InChI=1S/C16H16N8/c1-9-7-13(23-21-9)18-15-11-5-3-4-6-12(11)17-16(20-15)19-14-8-10(2)22-24-14/h3-8H,1-2H3,(H4,17,18,19,20,21,22,23,24). The number of H-pyrrole nitrogens is 2. The molecule has 120 valence electrons. The second-order valence-corrected chi connectivity index (χ2v) is 5.54. The zero-order valence-corrected chi connectivity index (χ0v) is 13.3. The zero-order chi connectivity index (χ0) is 16.5. The Balaban J connectivity index is 1.75. The van der Waals surface area contributed by atoms with Gasteiger partial charge >= 0.3 is 0 Å². The first-order valence-corrected chi connectivity index (χ1v) is 7.52. The van der Waals surface area contributed by atoms with Gasteiger partial charge in [-0.05, 0) is 26.0 Å². The summed E-state index contributed by atoms with van der Waals surface area (Å²) in [5.74, 6) is 2.53. The van der Waals surface area contributed by atoms with Crippen LogP contribution in [0.5, 0.6) is 0 Å². The van der Waals surface area contributed by atoms with Crippen molar-refractivity contribution in [2.45, 2.75) is 13.8 Å². The summed E-state index contributed by atoms with van der Waals surface area (Å²) in [5.41, 5.74) is 2.77. The van der Waals surface area contributed by atoms with Crippen LogP contribution in [0.25, 0.3) is 10.9 Å². The van der Waals surface area contributed by atoms with Crippen molar-refractivity contribution >= 4 is 34.3 Å². The number of rotatable bonds is 4. The topological polar surface area (TPSA) is 107 Å². The molecular formula is C16H16N8. The number of fused-ring (bicyclic) bond motifs is 1. The van der Waals surface area contributed by atoms with E-state index in [1.54, 1.807) is 0 Å². The van der Waals surface area contributed by atoms with Crippen molar-refractivity contribution in [2.75, 3.05) is 10.6 Å². The Kier molecular flexibility index (Phi) is 3.34. The van der Waals surface area contributed by atoms with Crippen molar-refractivity contribution in [1.29, 1.82) is 0 Å². The zero-order valence-electron chi connectivity index (χ0n) is 13.3. The Hall–Kier alpha value is -3.42. The fraction of sp³-hybridized carbons (Fsp3) is 0.125. The molecule has 0 aliphatic heterocycles. The first kappa shape index (κ1) is 14.2. The Morgan fingerprint density at radius 3 is 2.17 bits per heavy atom. The molecule has 0 spiro atoms. The van der Waals surface area contributed by atoms with Crippen LogP contribution < -0.4 is 10.6 Å².